The van der Waals surface area contributed by atoms with E-state index in [2.05, 4.69) is 4.74 Å². The van der Waals surface area contributed by atoms with Crippen LogP contribution in [0.4, 0.5) is 13.2 Å². The topological polar surface area (TPSA) is 26.3 Å². The van der Waals surface area contributed by atoms with Crippen molar-refractivity contribution in [2.45, 2.75) is 13.3 Å². The molecular formula is C9H5ClF3IO2. The molecule has 1 aromatic carbocycles. The highest BCUT2D eigenvalue weighted by Crippen LogP contribution is 2.33. The summed E-state index contributed by atoms with van der Waals surface area (Å²) in [5, 5.41) is 0.184. The van der Waals surface area contributed by atoms with Gasteiger partial charge in [-0.25, -0.2) is 0 Å². The summed E-state index contributed by atoms with van der Waals surface area (Å²) >= 11 is 7.27. The van der Waals surface area contributed by atoms with Crippen LogP contribution in [0.5, 0.6) is 5.75 Å². The molecule has 16 heavy (non-hydrogen) atoms. The molecule has 1 aromatic rings. The van der Waals surface area contributed by atoms with Gasteiger partial charge in [0, 0.05) is 5.02 Å². The first kappa shape index (κ1) is 13.6. The molecule has 0 aliphatic heterocycles. The van der Waals surface area contributed by atoms with Crippen molar-refractivity contribution in [2.24, 2.45) is 0 Å². The van der Waals surface area contributed by atoms with Crippen LogP contribution in [0.2, 0.25) is 5.02 Å². The third-order valence-corrected chi connectivity index (χ3v) is 2.62. The maximum absolute atomic E-state index is 12.1. The van der Waals surface area contributed by atoms with Gasteiger partial charge in [-0.3, -0.25) is 4.79 Å². The van der Waals surface area contributed by atoms with Crippen molar-refractivity contribution < 1.29 is 22.7 Å². The Morgan fingerprint density at radius 3 is 2.44 bits per heavy atom. The molecule has 0 amide bonds. The molecule has 0 aliphatic rings. The van der Waals surface area contributed by atoms with Gasteiger partial charge in [0.05, 0.1) is 9.13 Å². The molecule has 1 rings (SSSR count). The van der Waals surface area contributed by atoms with E-state index in [0.717, 1.165) is 13.0 Å². The summed E-state index contributed by atoms with van der Waals surface area (Å²) in [6.07, 6.45) is -4.84. The van der Waals surface area contributed by atoms with Crippen LogP contribution in [0.25, 0.3) is 0 Å². The molecular weight excluding hydrogens is 359 g/mol. The third-order valence-electron chi connectivity index (χ3n) is 1.61. The van der Waals surface area contributed by atoms with Gasteiger partial charge in [-0.2, -0.15) is 0 Å². The number of rotatable bonds is 2. The van der Waals surface area contributed by atoms with Crippen molar-refractivity contribution >= 4 is 40.0 Å². The highest BCUT2D eigenvalue weighted by Gasteiger charge is 2.33. The van der Waals surface area contributed by atoms with Crippen LogP contribution in [-0.2, 0) is 0 Å². The lowest BCUT2D eigenvalue weighted by Gasteiger charge is -2.13. The Balaban J connectivity index is 3.30. The number of Topliss-reactive ketones (excluding diaryl/α,β-unsaturated/α-hetero) is 1. The number of benzene rings is 1. The summed E-state index contributed by atoms with van der Waals surface area (Å²) < 4.78 is 40.2. The Bertz CT molecular complexity index is 431. The number of ketones is 1. The van der Waals surface area contributed by atoms with Crippen molar-refractivity contribution in [3.8, 4) is 5.75 Å². The lowest BCUT2D eigenvalue weighted by atomic mass is 10.1. The molecule has 0 N–H and O–H groups in total. The first-order chi connectivity index (χ1) is 7.20. The molecule has 0 unspecified atom stereocenters. The quantitative estimate of drug-likeness (QED) is 0.585. The van der Waals surface area contributed by atoms with Gasteiger partial charge in [0.25, 0.3) is 0 Å². The van der Waals surface area contributed by atoms with E-state index in [1.54, 1.807) is 22.6 Å². The molecule has 7 heteroatoms. The SMILES string of the molecule is CC(=O)c1cc(Cl)cc(I)c1OC(F)(F)F. The van der Waals surface area contributed by atoms with E-state index in [4.69, 9.17) is 11.6 Å². The Labute approximate surface area is 108 Å². The zero-order valence-corrected chi connectivity index (χ0v) is 10.8. The van der Waals surface area contributed by atoms with Gasteiger partial charge in [0.15, 0.2) is 11.5 Å². The number of carbonyl (C=O) groups is 1. The number of halogens is 5. The average molecular weight is 364 g/mol. The average Bonchev–Trinajstić information content (AvgIpc) is 2.07. The van der Waals surface area contributed by atoms with Crippen molar-refractivity contribution in [1.82, 2.24) is 0 Å². The lowest BCUT2D eigenvalue weighted by molar-refractivity contribution is -0.275. The maximum Gasteiger partial charge on any atom is 0.573 e. The van der Waals surface area contributed by atoms with Crippen LogP contribution < -0.4 is 4.74 Å². The minimum atomic E-state index is -4.84. The first-order valence-corrected chi connectivity index (χ1v) is 5.42. The largest absolute Gasteiger partial charge is 0.573 e. The maximum atomic E-state index is 12.1. The van der Waals surface area contributed by atoms with E-state index in [0.29, 0.717) is 0 Å². The van der Waals surface area contributed by atoms with Crippen LogP contribution in [0, 0.1) is 3.57 Å². The molecule has 88 valence electrons. The van der Waals surface area contributed by atoms with E-state index >= 15 is 0 Å². The van der Waals surface area contributed by atoms with Crippen LogP contribution in [0.1, 0.15) is 17.3 Å². The van der Waals surface area contributed by atoms with Crippen molar-refractivity contribution in [3.05, 3.63) is 26.3 Å². The van der Waals surface area contributed by atoms with E-state index in [1.165, 1.54) is 6.07 Å². The number of ether oxygens (including phenoxy) is 1. The van der Waals surface area contributed by atoms with E-state index in [9.17, 15) is 18.0 Å². The minimum absolute atomic E-state index is 0.132. The summed E-state index contributed by atoms with van der Waals surface area (Å²) in [4.78, 5) is 11.1. The van der Waals surface area contributed by atoms with Crippen molar-refractivity contribution in [2.75, 3.05) is 0 Å². The van der Waals surface area contributed by atoms with Crippen molar-refractivity contribution in [1.29, 1.82) is 0 Å². The van der Waals surface area contributed by atoms with Gasteiger partial charge in [-0.15, -0.1) is 13.2 Å². The molecule has 0 saturated carbocycles. The normalized spacial score (nSPS) is 11.4. The number of hydrogen-bond acceptors (Lipinski definition) is 2. The fraction of sp³-hybridized carbons (Fsp3) is 0.222. The Morgan fingerprint density at radius 1 is 1.44 bits per heavy atom. The van der Waals surface area contributed by atoms with Gasteiger partial charge in [-0.05, 0) is 41.6 Å². The summed E-state index contributed by atoms with van der Waals surface area (Å²) in [6.45, 7) is 1.14. The van der Waals surface area contributed by atoms with Gasteiger partial charge in [0.2, 0.25) is 0 Å². The molecule has 0 atom stereocenters. The fourth-order valence-electron chi connectivity index (χ4n) is 1.04. The van der Waals surface area contributed by atoms with Gasteiger partial charge >= 0.3 is 6.36 Å². The molecule has 0 radical (unpaired) electrons. The minimum Gasteiger partial charge on any atom is -0.404 e. The Morgan fingerprint density at radius 2 is 2.00 bits per heavy atom. The standard InChI is InChI=1S/C9H5ClF3IO2/c1-4(15)6-2-5(10)3-7(14)8(6)16-9(11,12)13/h2-3H,1H3. The van der Waals surface area contributed by atoms with Crippen molar-refractivity contribution in [3.63, 3.8) is 0 Å². The second-order valence-electron chi connectivity index (χ2n) is 2.87. The number of hydrogen-bond donors (Lipinski definition) is 0. The van der Waals surface area contributed by atoms with Crippen LogP contribution >= 0.6 is 34.2 Å². The third kappa shape index (κ3) is 3.51. The van der Waals surface area contributed by atoms with Gasteiger partial charge < -0.3 is 4.74 Å². The molecule has 0 fully saturated rings. The fourth-order valence-corrected chi connectivity index (χ4v) is 2.18. The molecule has 0 bridgehead atoms. The summed E-state index contributed by atoms with van der Waals surface area (Å²) in [5.74, 6) is -1.05. The summed E-state index contributed by atoms with van der Waals surface area (Å²) in [6, 6.07) is 2.43. The van der Waals surface area contributed by atoms with E-state index < -0.39 is 17.9 Å². The Hall–Kier alpha value is -0.500. The second kappa shape index (κ2) is 4.79. The molecule has 0 spiro atoms. The van der Waals surface area contributed by atoms with E-state index in [1.807, 2.05) is 0 Å². The van der Waals surface area contributed by atoms with E-state index in [-0.39, 0.29) is 14.2 Å². The number of carbonyl (C=O) groups excluding carboxylic acids is 1. The number of alkyl halides is 3. The molecule has 0 saturated heterocycles. The first-order valence-electron chi connectivity index (χ1n) is 3.96. The lowest BCUT2D eigenvalue weighted by Crippen LogP contribution is -2.19. The molecule has 0 aliphatic carbocycles. The smallest absolute Gasteiger partial charge is 0.404 e. The predicted molar refractivity (Wildman–Crippen MR) is 60.9 cm³/mol. The monoisotopic (exact) mass is 364 g/mol. The van der Waals surface area contributed by atoms with Gasteiger partial charge in [0.1, 0.15) is 0 Å². The molecule has 2 nitrogen and oxygen atoms in total. The highest BCUT2D eigenvalue weighted by atomic mass is 127. The highest BCUT2D eigenvalue weighted by molar-refractivity contribution is 14.1. The summed E-state index contributed by atoms with van der Waals surface area (Å²) in [7, 11) is 0. The molecule has 0 heterocycles. The second-order valence-corrected chi connectivity index (χ2v) is 4.47. The predicted octanol–water partition coefficient (Wildman–Crippen LogP) is 4.05. The Kier molecular flexibility index (Phi) is 4.06. The van der Waals surface area contributed by atoms with Crippen LogP contribution in [0.15, 0.2) is 12.1 Å². The van der Waals surface area contributed by atoms with Crippen LogP contribution in [-0.4, -0.2) is 12.1 Å². The van der Waals surface area contributed by atoms with Gasteiger partial charge in [-0.1, -0.05) is 11.6 Å². The van der Waals surface area contributed by atoms with Crippen LogP contribution in [0.3, 0.4) is 0 Å². The zero-order valence-electron chi connectivity index (χ0n) is 7.86. The molecule has 0 aromatic heterocycles. The zero-order chi connectivity index (χ0) is 12.5. The summed E-state index contributed by atoms with van der Waals surface area (Å²) in [5.41, 5.74) is -0.186.